The fourth-order valence-electron chi connectivity index (χ4n) is 4.52. The van der Waals surface area contributed by atoms with Crippen LogP contribution in [0.1, 0.15) is 64.7 Å². The first-order valence-corrected chi connectivity index (χ1v) is 9.67. The molecule has 2 aliphatic rings. The van der Waals surface area contributed by atoms with E-state index in [4.69, 9.17) is 0 Å². The van der Waals surface area contributed by atoms with E-state index in [9.17, 15) is 14.7 Å². The average molecular weight is 354 g/mol. The van der Waals surface area contributed by atoms with Gasteiger partial charge in [0, 0.05) is 38.5 Å². The molecule has 0 bridgehead atoms. The highest BCUT2D eigenvalue weighted by molar-refractivity contribution is 5.80. The third kappa shape index (κ3) is 5.96. The maximum absolute atomic E-state index is 12.9. The normalized spacial score (nSPS) is 27.0. The second-order valence-corrected chi connectivity index (χ2v) is 8.40. The van der Waals surface area contributed by atoms with Crippen molar-refractivity contribution in [2.45, 2.75) is 75.9 Å². The first-order valence-electron chi connectivity index (χ1n) is 9.67. The van der Waals surface area contributed by atoms with E-state index in [1.807, 2.05) is 23.9 Å². The van der Waals surface area contributed by atoms with Gasteiger partial charge in [-0.2, -0.15) is 0 Å². The molecule has 1 aliphatic carbocycles. The van der Waals surface area contributed by atoms with Crippen molar-refractivity contribution >= 4 is 11.8 Å². The Hall–Kier alpha value is -1.14. The van der Waals surface area contributed by atoms with Crippen LogP contribution in [0.5, 0.6) is 0 Å². The summed E-state index contributed by atoms with van der Waals surface area (Å²) in [6.45, 7) is 3.46. The number of aliphatic hydroxyl groups is 1. The quantitative estimate of drug-likeness (QED) is 0.786. The van der Waals surface area contributed by atoms with Gasteiger partial charge in [0.1, 0.15) is 0 Å². The van der Waals surface area contributed by atoms with E-state index >= 15 is 0 Å². The Balaban J connectivity index is 1.98. The van der Waals surface area contributed by atoms with Gasteiger partial charge in [-0.05, 0) is 46.2 Å². The lowest BCUT2D eigenvalue weighted by Crippen LogP contribution is -2.52. The van der Waals surface area contributed by atoms with E-state index < -0.39 is 5.60 Å². The number of rotatable bonds is 5. The third-order valence-electron chi connectivity index (χ3n) is 5.62. The lowest BCUT2D eigenvalue weighted by Gasteiger charge is -2.38. The van der Waals surface area contributed by atoms with Crippen LogP contribution in [0.2, 0.25) is 0 Å². The molecular weight excluding hydrogens is 318 g/mol. The molecule has 144 valence electrons. The van der Waals surface area contributed by atoms with E-state index in [0.717, 1.165) is 38.5 Å². The van der Waals surface area contributed by atoms with E-state index in [0.29, 0.717) is 32.5 Å². The summed E-state index contributed by atoms with van der Waals surface area (Å²) in [5, 5.41) is 13.9. The molecule has 0 aromatic carbocycles. The molecule has 0 radical (unpaired) electrons. The summed E-state index contributed by atoms with van der Waals surface area (Å²) in [4.78, 5) is 28.5. The molecule has 1 saturated heterocycles. The molecule has 1 unspecified atom stereocenters. The summed E-state index contributed by atoms with van der Waals surface area (Å²) in [7, 11) is 3.93. The van der Waals surface area contributed by atoms with E-state index in [-0.39, 0.29) is 17.4 Å². The smallest absolute Gasteiger partial charge is 0.224 e. The highest BCUT2D eigenvalue weighted by atomic mass is 16.3. The second kappa shape index (κ2) is 8.49. The predicted molar refractivity (Wildman–Crippen MR) is 98.2 cm³/mol. The number of hydrogen-bond acceptors (Lipinski definition) is 4. The molecule has 2 amide bonds. The minimum Gasteiger partial charge on any atom is -0.388 e. The van der Waals surface area contributed by atoms with Crippen LogP contribution in [-0.2, 0) is 9.59 Å². The first kappa shape index (κ1) is 20.2. The van der Waals surface area contributed by atoms with Gasteiger partial charge in [0.05, 0.1) is 5.60 Å². The summed E-state index contributed by atoms with van der Waals surface area (Å²) >= 11 is 0. The van der Waals surface area contributed by atoms with Crippen molar-refractivity contribution in [2.24, 2.45) is 0 Å². The Morgan fingerprint density at radius 1 is 1.04 bits per heavy atom. The zero-order valence-electron chi connectivity index (χ0n) is 16.1. The Morgan fingerprint density at radius 3 is 2.32 bits per heavy atom. The van der Waals surface area contributed by atoms with Gasteiger partial charge in [-0.1, -0.05) is 19.3 Å². The Morgan fingerprint density at radius 2 is 1.72 bits per heavy atom. The Labute approximate surface area is 151 Å². The van der Waals surface area contributed by atoms with Crippen molar-refractivity contribution in [3.05, 3.63) is 0 Å². The van der Waals surface area contributed by atoms with Crippen LogP contribution >= 0.6 is 0 Å². The van der Waals surface area contributed by atoms with Crippen LogP contribution in [0.3, 0.4) is 0 Å². The molecule has 1 heterocycles. The summed E-state index contributed by atoms with van der Waals surface area (Å²) in [6, 6.07) is 0. The fraction of sp³-hybridized carbons (Fsp3) is 0.895. The summed E-state index contributed by atoms with van der Waals surface area (Å²) in [5.74, 6) is 0.0654. The minimum atomic E-state index is -0.710. The zero-order chi connectivity index (χ0) is 18.5. The lowest BCUT2D eigenvalue weighted by molar-refractivity contribution is -0.134. The molecule has 2 fully saturated rings. The molecule has 0 aromatic rings. The zero-order valence-corrected chi connectivity index (χ0v) is 16.1. The molecule has 6 nitrogen and oxygen atoms in total. The van der Waals surface area contributed by atoms with Gasteiger partial charge in [-0.15, -0.1) is 0 Å². The number of hydrogen-bond donors (Lipinski definition) is 2. The number of nitrogens with zero attached hydrogens (tertiary/aromatic N) is 2. The number of carbonyl (C=O) groups excluding carboxylic acids is 2. The van der Waals surface area contributed by atoms with Gasteiger partial charge in [0.2, 0.25) is 11.8 Å². The Kier molecular flexibility index (Phi) is 6.86. The van der Waals surface area contributed by atoms with E-state index in [1.54, 1.807) is 0 Å². The van der Waals surface area contributed by atoms with Crippen molar-refractivity contribution in [1.82, 2.24) is 15.1 Å². The molecule has 0 spiro atoms. The molecule has 25 heavy (non-hydrogen) atoms. The van der Waals surface area contributed by atoms with Crippen molar-refractivity contribution in [2.75, 3.05) is 33.7 Å². The van der Waals surface area contributed by atoms with Crippen molar-refractivity contribution in [1.29, 1.82) is 0 Å². The lowest BCUT2D eigenvalue weighted by atomic mass is 9.79. The topological polar surface area (TPSA) is 72.9 Å². The van der Waals surface area contributed by atoms with Crippen molar-refractivity contribution in [3.8, 4) is 0 Å². The van der Waals surface area contributed by atoms with Gasteiger partial charge in [-0.3, -0.25) is 9.59 Å². The second-order valence-electron chi connectivity index (χ2n) is 8.40. The summed E-state index contributed by atoms with van der Waals surface area (Å²) in [5.41, 5.74) is -1.08. The van der Waals surface area contributed by atoms with E-state index in [2.05, 4.69) is 5.32 Å². The van der Waals surface area contributed by atoms with E-state index in [1.165, 1.54) is 13.3 Å². The van der Waals surface area contributed by atoms with Crippen LogP contribution in [-0.4, -0.2) is 71.6 Å². The fourth-order valence-corrected chi connectivity index (χ4v) is 4.52. The number of likely N-dealkylation sites (tertiary alicyclic amines) is 1. The highest BCUT2D eigenvalue weighted by Gasteiger charge is 2.38. The maximum atomic E-state index is 12.9. The predicted octanol–water partition coefficient (Wildman–Crippen LogP) is 1.52. The number of nitrogens with one attached hydrogen (secondary N) is 1. The van der Waals surface area contributed by atoms with Crippen LogP contribution < -0.4 is 5.32 Å². The van der Waals surface area contributed by atoms with Gasteiger partial charge >= 0.3 is 0 Å². The molecular formula is C19H35N3O3. The molecule has 1 atom stereocenters. The number of likely N-dealkylation sites (N-methyl/N-ethyl adjacent to an activating group) is 1. The van der Waals surface area contributed by atoms with Crippen molar-refractivity contribution in [3.63, 3.8) is 0 Å². The van der Waals surface area contributed by atoms with Gasteiger partial charge in [-0.25, -0.2) is 0 Å². The van der Waals surface area contributed by atoms with Gasteiger partial charge < -0.3 is 20.2 Å². The molecule has 2 rings (SSSR count). The maximum Gasteiger partial charge on any atom is 0.224 e. The molecule has 6 heteroatoms. The molecule has 2 N–H and O–H groups in total. The number of amides is 2. The summed E-state index contributed by atoms with van der Waals surface area (Å²) < 4.78 is 0. The SMILES string of the molecule is CC(=O)NC1(CC(=O)N2CCCC(O)(CN(C)C)CC2)CCCCC1. The van der Waals surface area contributed by atoms with Crippen LogP contribution in [0, 0.1) is 0 Å². The standard InChI is InChI=1S/C19H35N3O3/c1-16(23)20-18(8-5-4-6-9-18)14-17(24)22-12-7-10-19(25,11-13-22)15-21(2)3/h25H,4-15H2,1-3H3,(H,20,23). The van der Waals surface area contributed by atoms with Gasteiger partial charge in [0.25, 0.3) is 0 Å². The van der Waals surface area contributed by atoms with Crippen LogP contribution in [0.25, 0.3) is 0 Å². The first-order chi connectivity index (χ1) is 11.7. The summed E-state index contributed by atoms with van der Waals surface area (Å²) in [6.07, 6.45) is 7.63. The van der Waals surface area contributed by atoms with Crippen LogP contribution in [0.15, 0.2) is 0 Å². The molecule has 1 saturated carbocycles. The molecule has 0 aromatic heterocycles. The monoisotopic (exact) mass is 353 g/mol. The highest BCUT2D eigenvalue weighted by Crippen LogP contribution is 2.32. The van der Waals surface area contributed by atoms with Crippen LogP contribution in [0.4, 0.5) is 0 Å². The minimum absolute atomic E-state index is 0.0501. The largest absolute Gasteiger partial charge is 0.388 e. The Bertz CT molecular complexity index is 475. The van der Waals surface area contributed by atoms with Crippen molar-refractivity contribution < 1.29 is 14.7 Å². The molecule has 1 aliphatic heterocycles. The van der Waals surface area contributed by atoms with Gasteiger partial charge in [0.15, 0.2) is 0 Å². The average Bonchev–Trinajstić information content (AvgIpc) is 2.68. The third-order valence-corrected chi connectivity index (χ3v) is 5.62. The number of carbonyl (C=O) groups is 2.